The summed E-state index contributed by atoms with van der Waals surface area (Å²) in [5, 5.41) is 16.3. The van der Waals surface area contributed by atoms with E-state index in [9.17, 15) is 9.90 Å². The van der Waals surface area contributed by atoms with Crippen LogP contribution >= 0.6 is 0 Å². The fourth-order valence-corrected chi connectivity index (χ4v) is 11.6. The monoisotopic (exact) mass is 732 g/mol. The van der Waals surface area contributed by atoms with E-state index in [1.807, 2.05) is 12.1 Å². The molecule has 3 aromatic rings. The van der Waals surface area contributed by atoms with Crippen LogP contribution in [-0.4, -0.2) is 71.3 Å². The predicted octanol–water partition coefficient (Wildman–Crippen LogP) is 7.97. The zero-order chi connectivity index (χ0) is 36.6. The van der Waals surface area contributed by atoms with Crippen molar-refractivity contribution in [1.82, 2.24) is 20.4 Å². The van der Waals surface area contributed by atoms with Crippen molar-refractivity contribution in [1.29, 1.82) is 0 Å². The minimum Gasteiger partial charge on any atom is -0.392 e. The van der Waals surface area contributed by atoms with Crippen LogP contribution in [0.25, 0.3) is 11.1 Å². The minimum atomic E-state index is -0.481. The van der Waals surface area contributed by atoms with Gasteiger partial charge in [0.25, 0.3) is 0 Å². The molecule has 3 aliphatic heterocycles. The average Bonchev–Trinajstić information content (AvgIpc) is 3.87. The van der Waals surface area contributed by atoms with Gasteiger partial charge in [-0.15, -0.1) is 0 Å². The fourth-order valence-electron chi connectivity index (χ4n) is 11.6. The van der Waals surface area contributed by atoms with E-state index in [0.29, 0.717) is 12.6 Å². The zero-order valence-electron chi connectivity index (χ0n) is 32.1. The SMILES string of the molecule is CC1C(CN2CCCC2CN2CCCC2)OC(c2ccc(-c3cccc(CNC(=O)NC45CC6CC(CC(C6)C4)C5)c3)cc2)OC1c1ccc(CO)cc1. The molecule has 3 N–H and O–H groups in total. The van der Waals surface area contributed by atoms with Gasteiger partial charge >= 0.3 is 6.03 Å². The molecule has 5 unspecified atom stereocenters. The van der Waals surface area contributed by atoms with E-state index in [1.165, 1.54) is 64.6 Å². The van der Waals surface area contributed by atoms with Gasteiger partial charge in [-0.05, 0) is 135 Å². The standard InChI is InChI=1S/C46H60N4O4/c1-31-42(29-50-19-5-8-41(50)28-49-17-2-3-18-49)53-44(54-43(31)38-11-9-32(30-51)10-12-38)39-15-13-37(14-16-39)40-7-4-6-33(23-40)27-47-45(52)48-46-24-34-20-35(25-46)22-36(21-34)26-46/h4,6-7,9-16,23,31,34-36,41-44,51H,2-3,5,8,17-22,24-30H2,1H3,(H2,47,48,52). The van der Waals surface area contributed by atoms with Crippen molar-refractivity contribution in [2.24, 2.45) is 23.7 Å². The molecular weight excluding hydrogens is 673 g/mol. The van der Waals surface area contributed by atoms with E-state index in [0.717, 1.165) is 83.5 Å². The van der Waals surface area contributed by atoms with Crippen LogP contribution in [0.1, 0.15) is 106 Å². The number of amides is 2. The van der Waals surface area contributed by atoms with Crippen LogP contribution in [-0.2, 0) is 22.6 Å². The van der Waals surface area contributed by atoms with E-state index in [-0.39, 0.29) is 36.3 Å². The molecule has 0 radical (unpaired) electrons. The van der Waals surface area contributed by atoms with Gasteiger partial charge in [0.1, 0.15) is 0 Å². The molecule has 3 aromatic carbocycles. The number of hydrogen-bond acceptors (Lipinski definition) is 6. The molecule has 7 fully saturated rings. The van der Waals surface area contributed by atoms with Crippen molar-refractivity contribution in [3.63, 3.8) is 0 Å². The molecule has 54 heavy (non-hydrogen) atoms. The molecule has 3 heterocycles. The number of nitrogens with one attached hydrogen (secondary N) is 2. The Balaban J connectivity index is 0.870. The number of rotatable bonds is 11. The molecule has 10 rings (SSSR count). The summed E-state index contributed by atoms with van der Waals surface area (Å²) in [6.45, 7) is 8.48. The van der Waals surface area contributed by atoms with E-state index >= 15 is 0 Å². The molecule has 0 aromatic heterocycles. The number of likely N-dealkylation sites (tertiary alicyclic amines) is 2. The Morgan fingerprint density at radius 2 is 1.50 bits per heavy atom. The maximum Gasteiger partial charge on any atom is 0.315 e. The number of nitrogens with zero attached hydrogens (tertiary/aromatic N) is 2. The number of carbonyl (C=O) groups is 1. The van der Waals surface area contributed by atoms with Crippen molar-refractivity contribution < 1.29 is 19.4 Å². The van der Waals surface area contributed by atoms with Gasteiger partial charge in [0, 0.05) is 42.7 Å². The zero-order valence-corrected chi connectivity index (χ0v) is 32.1. The highest BCUT2D eigenvalue weighted by atomic mass is 16.7. The molecule has 288 valence electrons. The number of aliphatic hydroxyl groups excluding tert-OH is 1. The smallest absolute Gasteiger partial charge is 0.315 e. The van der Waals surface area contributed by atoms with Gasteiger partial charge in [-0.25, -0.2) is 4.79 Å². The Kier molecular flexibility index (Phi) is 10.6. The third-order valence-electron chi connectivity index (χ3n) is 14.0. The Morgan fingerprint density at radius 3 is 2.20 bits per heavy atom. The molecule has 8 nitrogen and oxygen atoms in total. The highest BCUT2D eigenvalue weighted by Gasteiger charge is 2.51. The molecule has 0 spiro atoms. The fraction of sp³-hybridized carbons (Fsp3) is 0.587. The van der Waals surface area contributed by atoms with Gasteiger partial charge in [-0.2, -0.15) is 0 Å². The number of aliphatic hydroxyl groups is 1. The lowest BCUT2D eigenvalue weighted by Crippen LogP contribution is -2.61. The highest BCUT2D eigenvalue weighted by Crippen LogP contribution is 2.55. The van der Waals surface area contributed by atoms with E-state index in [1.54, 1.807) is 0 Å². The van der Waals surface area contributed by atoms with E-state index in [2.05, 4.69) is 88.0 Å². The van der Waals surface area contributed by atoms with Gasteiger partial charge in [0.05, 0.1) is 18.8 Å². The van der Waals surface area contributed by atoms with Crippen LogP contribution < -0.4 is 10.6 Å². The second-order valence-electron chi connectivity index (χ2n) is 17.9. The van der Waals surface area contributed by atoms with Crippen LogP contribution in [0.4, 0.5) is 4.79 Å². The molecule has 8 heteroatoms. The summed E-state index contributed by atoms with van der Waals surface area (Å²) in [5.41, 5.74) is 6.40. The van der Waals surface area contributed by atoms with Gasteiger partial charge in [-0.1, -0.05) is 73.7 Å². The van der Waals surface area contributed by atoms with Crippen molar-refractivity contribution in [3.05, 3.63) is 95.1 Å². The lowest BCUT2D eigenvalue weighted by atomic mass is 9.53. The third kappa shape index (κ3) is 7.88. The van der Waals surface area contributed by atoms with Crippen molar-refractivity contribution in [2.45, 2.75) is 114 Å². The molecular formula is C46H60N4O4. The number of ether oxygens (including phenoxy) is 2. The van der Waals surface area contributed by atoms with Crippen LogP contribution in [0.15, 0.2) is 72.8 Å². The van der Waals surface area contributed by atoms with Gasteiger partial charge < -0.3 is 30.1 Å². The van der Waals surface area contributed by atoms with Crippen molar-refractivity contribution >= 4 is 6.03 Å². The van der Waals surface area contributed by atoms with Crippen molar-refractivity contribution in [2.75, 3.05) is 32.7 Å². The third-order valence-corrected chi connectivity index (χ3v) is 14.0. The molecule has 5 atom stereocenters. The maximum atomic E-state index is 13.2. The van der Waals surface area contributed by atoms with Crippen LogP contribution in [0.3, 0.4) is 0 Å². The lowest BCUT2D eigenvalue weighted by Gasteiger charge is -2.56. The van der Waals surface area contributed by atoms with Gasteiger partial charge in [0.15, 0.2) is 6.29 Å². The number of urea groups is 1. The number of carbonyl (C=O) groups excluding carboxylic acids is 1. The molecule has 4 bridgehead atoms. The average molecular weight is 733 g/mol. The first-order valence-electron chi connectivity index (χ1n) is 21.1. The summed E-state index contributed by atoms with van der Waals surface area (Å²) in [4.78, 5) is 18.5. The van der Waals surface area contributed by atoms with E-state index in [4.69, 9.17) is 9.47 Å². The second-order valence-corrected chi connectivity index (χ2v) is 17.9. The summed E-state index contributed by atoms with van der Waals surface area (Å²) in [6.07, 6.45) is 12.2. The quantitative estimate of drug-likeness (QED) is 0.186. The van der Waals surface area contributed by atoms with Gasteiger partial charge in [-0.3, -0.25) is 4.90 Å². The first-order chi connectivity index (χ1) is 26.4. The summed E-state index contributed by atoms with van der Waals surface area (Å²) < 4.78 is 13.7. The molecule has 2 amide bonds. The topological polar surface area (TPSA) is 86.3 Å². The normalized spacial score (nSPS) is 33.7. The van der Waals surface area contributed by atoms with Crippen molar-refractivity contribution in [3.8, 4) is 11.1 Å². The van der Waals surface area contributed by atoms with Crippen LogP contribution in [0, 0.1) is 23.7 Å². The molecule has 4 aliphatic carbocycles. The Bertz CT molecular complexity index is 1700. The molecule has 3 saturated heterocycles. The second kappa shape index (κ2) is 15.7. The summed E-state index contributed by atoms with van der Waals surface area (Å²) in [6, 6.07) is 25.9. The first kappa shape index (κ1) is 36.4. The Morgan fingerprint density at radius 1 is 0.796 bits per heavy atom. The molecule has 7 aliphatic rings. The Labute approximate surface area is 322 Å². The van der Waals surface area contributed by atoms with Crippen LogP contribution in [0.5, 0.6) is 0 Å². The summed E-state index contributed by atoms with van der Waals surface area (Å²) >= 11 is 0. The Hall–Kier alpha value is -3.27. The summed E-state index contributed by atoms with van der Waals surface area (Å²) in [7, 11) is 0. The molecule has 4 saturated carbocycles. The maximum absolute atomic E-state index is 13.2. The van der Waals surface area contributed by atoms with Gasteiger partial charge in [0.2, 0.25) is 0 Å². The lowest BCUT2D eigenvalue weighted by molar-refractivity contribution is -0.276. The van der Waals surface area contributed by atoms with Crippen LogP contribution in [0.2, 0.25) is 0 Å². The number of benzene rings is 3. The highest BCUT2D eigenvalue weighted by molar-refractivity contribution is 5.75. The first-order valence-corrected chi connectivity index (χ1v) is 21.1. The largest absolute Gasteiger partial charge is 0.392 e. The number of hydrogen-bond donors (Lipinski definition) is 3. The van der Waals surface area contributed by atoms with E-state index < -0.39 is 6.29 Å². The summed E-state index contributed by atoms with van der Waals surface area (Å²) in [5.74, 6) is 2.58. The predicted molar refractivity (Wildman–Crippen MR) is 211 cm³/mol. The minimum absolute atomic E-state index is 0.0146.